The van der Waals surface area contributed by atoms with Gasteiger partial charge in [-0.2, -0.15) is 0 Å². The Morgan fingerprint density at radius 3 is 2.70 bits per heavy atom. The van der Waals surface area contributed by atoms with Crippen molar-refractivity contribution in [2.45, 2.75) is 39.6 Å². The molecular formula is C26H29N3O3S. The molecule has 3 aromatic rings. The van der Waals surface area contributed by atoms with Crippen LogP contribution in [0.25, 0.3) is 0 Å². The molecule has 2 aromatic carbocycles. The number of carbonyl (C=O) groups is 1. The second kappa shape index (κ2) is 9.45. The average Bonchev–Trinajstić information content (AvgIpc) is 3.22. The highest BCUT2D eigenvalue weighted by atomic mass is 32.1. The quantitative estimate of drug-likeness (QED) is 0.519. The van der Waals surface area contributed by atoms with E-state index in [0.29, 0.717) is 24.7 Å². The molecule has 1 amide bonds. The van der Waals surface area contributed by atoms with E-state index in [2.05, 4.69) is 22.5 Å². The lowest BCUT2D eigenvalue weighted by atomic mass is 10.0. The van der Waals surface area contributed by atoms with Gasteiger partial charge in [-0.1, -0.05) is 43.3 Å². The molecule has 0 radical (unpaired) electrons. The molecule has 2 N–H and O–H groups in total. The first-order valence-electron chi connectivity index (χ1n) is 11.5. The van der Waals surface area contributed by atoms with E-state index < -0.39 is 0 Å². The van der Waals surface area contributed by atoms with Crippen LogP contribution in [0.1, 0.15) is 51.9 Å². The number of likely N-dealkylation sites (N-methyl/N-ethyl adjacent to an activating group) is 1. The van der Waals surface area contributed by atoms with Crippen molar-refractivity contribution >= 4 is 22.2 Å². The standard InChI is InChI=1S/C26H29N3O3S/c1-3-29-13-12-19-22(15-29)33-26-23(19)25(30)27-24(28-26)18-10-11-20(21(14-18)31-4-2)32-16-17-8-6-5-7-9-17/h5-11,14,24,28H,3-4,12-13,15-16H2,1-2H3,(H,27,30)/t24-/m0/s1. The Balaban J connectivity index is 1.37. The van der Waals surface area contributed by atoms with Gasteiger partial charge in [0.25, 0.3) is 5.91 Å². The fourth-order valence-electron chi connectivity index (χ4n) is 4.43. The summed E-state index contributed by atoms with van der Waals surface area (Å²) in [5.41, 5.74) is 4.07. The first kappa shape index (κ1) is 21.8. The summed E-state index contributed by atoms with van der Waals surface area (Å²) >= 11 is 1.71. The van der Waals surface area contributed by atoms with E-state index in [1.54, 1.807) is 11.3 Å². The van der Waals surface area contributed by atoms with Crippen molar-refractivity contribution in [1.82, 2.24) is 10.2 Å². The van der Waals surface area contributed by atoms with Crippen LogP contribution >= 0.6 is 11.3 Å². The summed E-state index contributed by atoms with van der Waals surface area (Å²) in [4.78, 5) is 16.8. The average molecular weight is 464 g/mol. The highest BCUT2D eigenvalue weighted by Crippen LogP contribution is 2.41. The monoisotopic (exact) mass is 463 g/mol. The first-order chi connectivity index (χ1) is 16.2. The molecule has 0 aliphatic carbocycles. The molecule has 6 nitrogen and oxygen atoms in total. The van der Waals surface area contributed by atoms with E-state index in [-0.39, 0.29) is 12.1 Å². The minimum Gasteiger partial charge on any atom is -0.490 e. The number of carbonyl (C=O) groups excluding carboxylic acids is 1. The maximum absolute atomic E-state index is 13.1. The second-order valence-electron chi connectivity index (χ2n) is 8.29. The van der Waals surface area contributed by atoms with E-state index in [1.165, 1.54) is 10.4 Å². The van der Waals surface area contributed by atoms with E-state index >= 15 is 0 Å². The summed E-state index contributed by atoms with van der Waals surface area (Å²) in [5.74, 6) is 1.37. The number of hydrogen-bond donors (Lipinski definition) is 2. The molecule has 3 heterocycles. The van der Waals surface area contributed by atoms with Crippen LogP contribution in [0.15, 0.2) is 48.5 Å². The van der Waals surface area contributed by atoms with E-state index in [4.69, 9.17) is 9.47 Å². The molecule has 0 saturated carbocycles. The smallest absolute Gasteiger partial charge is 0.256 e. The molecule has 7 heteroatoms. The Morgan fingerprint density at radius 1 is 1.06 bits per heavy atom. The molecule has 0 saturated heterocycles. The zero-order chi connectivity index (χ0) is 22.8. The summed E-state index contributed by atoms with van der Waals surface area (Å²) in [6, 6.07) is 15.9. The third-order valence-corrected chi connectivity index (χ3v) is 7.35. The van der Waals surface area contributed by atoms with Gasteiger partial charge >= 0.3 is 0 Å². The number of hydrogen-bond acceptors (Lipinski definition) is 6. The summed E-state index contributed by atoms with van der Waals surface area (Å²) in [7, 11) is 0. The van der Waals surface area contributed by atoms with Crippen LogP contribution in [-0.2, 0) is 19.6 Å². The van der Waals surface area contributed by atoms with Crippen LogP contribution in [0, 0.1) is 0 Å². The zero-order valence-corrected chi connectivity index (χ0v) is 19.8. The van der Waals surface area contributed by atoms with Gasteiger partial charge in [0.15, 0.2) is 11.5 Å². The first-order valence-corrected chi connectivity index (χ1v) is 12.4. The lowest BCUT2D eigenvalue weighted by molar-refractivity contribution is 0.0934. The van der Waals surface area contributed by atoms with Crippen molar-refractivity contribution in [3.05, 3.63) is 75.7 Å². The van der Waals surface area contributed by atoms with Gasteiger partial charge in [-0.3, -0.25) is 9.69 Å². The SMILES string of the molecule is CCOc1cc([C@H]2NC(=O)c3c(sc4c3CCN(CC)C4)N2)ccc1OCc1ccccc1. The molecule has 0 unspecified atom stereocenters. The third kappa shape index (κ3) is 4.43. The van der Waals surface area contributed by atoms with Gasteiger partial charge in [0.2, 0.25) is 0 Å². The number of fused-ring (bicyclic) bond motifs is 3. The Hall–Kier alpha value is -3.03. The molecule has 1 atom stereocenters. The van der Waals surface area contributed by atoms with E-state index in [0.717, 1.165) is 47.7 Å². The van der Waals surface area contributed by atoms with Crippen molar-refractivity contribution in [3.8, 4) is 11.5 Å². The van der Waals surface area contributed by atoms with Gasteiger partial charge in [0.1, 0.15) is 17.8 Å². The van der Waals surface area contributed by atoms with Gasteiger partial charge in [-0.25, -0.2) is 0 Å². The molecule has 1 aromatic heterocycles. The number of ether oxygens (including phenoxy) is 2. The van der Waals surface area contributed by atoms with E-state index in [1.807, 2.05) is 55.5 Å². The molecule has 0 spiro atoms. The highest BCUT2D eigenvalue weighted by molar-refractivity contribution is 7.16. The predicted molar refractivity (Wildman–Crippen MR) is 131 cm³/mol. The number of anilines is 1. The van der Waals surface area contributed by atoms with Gasteiger partial charge < -0.3 is 20.1 Å². The minimum absolute atomic E-state index is 0.00133. The lowest BCUT2D eigenvalue weighted by Crippen LogP contribution is -2.38. The van der Waals surface area contributed by atoms with Gasteiger partial charge in [-0.05, 0) is 48.7 Å². The summed E-state index contributed by atoms with van der Waals surface area (Å²) in [5, 5.41) is 7.66. The van der Waals surface area contributed by atoms with Crippen molar-refractivity contribution in [2.24, 2.45) is 0 Å². The maximum atomic E-state index is 13.1. The largest absolute Gasteiger partial charge is 0.490 e. The Labute approximate surface area is 198 Å². The number of nitrogens with one attached hydrogen (secondary N) is 2. The third-order valence-electron chi connectivity index (χ3n) is 6.20. The predicted octanol–water partition coefficient (Wildman–Crippen LogP) is 4.96. The number of nitrogens with zero attached hydrogens (tertiary/aromatic N) is 1. The molecule has 2 aliphatic rings. The van der Waals surface area contributed by atoms with Crippen LogP contribution in [-0.4, -0.2) is 30.5 Å². The number of amides is 1. The molecular weight excluding hydrogens is 434 g/mol. The fourth-order valence-corrected chi connectivity index (χ4v) is 5.75. The lowest BCUT2D eigenvalue weighted by Gasteiger charge is -2.28. The zero-order valence-electron chi connectivity index (χ0n) is 19.0. The van der Waals surface area contributed by atoms with Crippen LogP contribution < -0.4 is 20.1 Å². The highest BCUT2D eigenvalue weighted by Gasteiger charge is 2.33. The molecule has 0 fully saturated rings. The van der Waals surface area contributed by atoms with Crippen LogP contribution in [0.3, 0.4) is 0 Å². The van der Waals surface area contributed by atoms with Gasteiger partial charge in [0, 0.05) is 18.0 Å². The minimum atomic E-state index is -0.310. The number of rotatable bonds is 7. The number of benzene rings is 2. The van der Waals surface area contributed by atoms with Crippen LogP contribution in [0.2, 0.25) is 0 Å². The van der Waals surface area contributed by atoms with Crippen molar-refractivity contribution in [1.29, 1.82) is 0 Å². The topological polar surface area (TPSA) is 62.8 Å². The van der Waals surface area contributed by atoms with Crippen molar-refractivity contribution < 1.29 is 14.3 Å². The molecule has 172 valence electrons. The van der Waals surface area contributed by atoms with Crippen molar-refractivity contribution in [3.63, 3.8) is 0 Å². The second-order valence-corrected chi connectivity index (χ2v) is 9.40. The fraction of sp³-hybridized carbons (Fsp3) is 0.346. The Kier molecular flexibility index (Phi) is 6.24. The van der Waals surface area contributed by atoms with Crippen LogP contribution in [0.4, 0.5) is 5.00 Å². The number of thiophene rings is 1. The Morgan fingerprint density at radius 2 is 1.91 bits per heavy atom. The van der Waals surface area contributed by atoms with Gasteiger partial charge in [-0.15, -0.1) is 11.3 Å². The normalized spacial score (nSPS) is 17.5. The van der Waals surface area contributed by atoms with Crippen LogP contribution in [0.5, 0.6) is 11.5 Å². The molecule has 5 rings (SSSR count). The summed E-state index contributed by atoms with van der Waals surface area (Å²) in [6.07, 6.45) is 0.617. The molecule has 2 aliphatic heterocycles. The van der Waals surface area contributed by atoms with Crippen molar-refractivity contribution in [2.75, 3.05) is 25.0 Å². The molecule has 33 heavy (non-hydrogen) atoms. The Bertz CT molecular complexity index is 1150. The van der Waals surface area contributed by atoms with E-state index in [9.17, 15) is 4.79 Å². The summed E-state index contributed by atoms with van der Waals surface area (Å²) < 4.78 is 11.9. The maximum Gasteiger partial charge on any atom is 0.256 e. The van der Waals surface area contributed by atoms with Gasteiger partial charge in [0.05, 0.1) is 12.2 Å². The summed E-state index contributed by atoms with van der Waals surface area (Å²) in [6.45, 7) is 8.10. The molecule has 0 bridgehead atoms.